The molecule has 2 aromatic rings. The number of aromatic nitrogens is 2. The SMILES string of the molecule is CCCNc1snnc1CN1CCc2ccccc2C1=O. The summed E-state index contributed by atoms with van der Waals surface area (Å²) in [5.74, 6) is 0.0892. The van der Waals surface area contributed by atoms with Gasteiger partial charge in [0, 0.05) is 30.2 Å². The first-order valence-electron chi connectivity index (χ1n) is 7.22. The Labute approximate surface area is 128 Å². The molecule has 6 heteroatoms. The molecule has 0 atom stereocenters. The lowest BCUT2D eigenvalue weighted by Crippen LogP contribution is -2.37. The molecule has 0 saturated heterocycles. The molecule has 1 aromatic carbocycles. The highest BCUT2D eigenvalue weighted by atomic mass is 32.1. The van der Waals surface area contributed by atoms with Crippen LogP contribution in [0.2, 0.25) is 0 Å². The van der Waals surface area contributed by atoms with Crippen molar-refractivity contribution < 1.29 is 4.79 Å². The second kappa shape index (κ2) is 6.22. The summed E-state index contributed by atoms with van der Waals surface area (Å²) in [6.07, 6.45) is 1.95. The van der Waals surface area contributed by atoms with Crippen LogP contribution in [0.1, 0.15) is 35.0 Å². The van der Waals surface area contributed by atoms with Crippen molar-refractivity contribution in [1.82, 2.24) is 14.5 Å². The first-order valence-corrected chi connectivity index (χ1v) is 7.99. The summed E-state index contributed by atoms with van der Waals surface area (Å²) in [6.45, 7) is 4.27. The van der Waals surface area contributed by atoms with Crippen molar-refractivity contribution in [3.63, 3.8) is 0 Å². The summed E-state index contributed by atoms with van der Waals surface area (Å²) in [7, 11) is 0. The lowest BCUT2D eigenvalue weighted by atomic mass is 9.99. The maximum atomic E-state index is 12.5. The van der Waals surface area contributed by atoms with Crippen LogP contribution in [0.5, 0.6) is 0 Å². The quantitative estimate of drug-likeness (QED) is 0.922. The number of carbonyl (C=O) groups is 1. The molecule has 3 rings (SSSR count). The topological polar surface area (TPSA) is 58.1 Å². The number of anilines is 1. The Morgan fingerprint density at radius 3 is 3.10 bits per heavy atom. The summed E-state index contributed by atoms with van der Waals surface area (Å²) in [5, 5.41) is 8.46. The van der Waals surface area contributed by atoms with E-state index in [0.717, 1.165) is 47.8 Å². The molecule has 5 nitrogen and oxygen atoms in total. The molecule has 1 amide bonds. The molecule has 0 bridgehead atoms. The number of nitrogens with one attached hydrogen (secondary N) is 1. The highest BCUT2D eigenvalue weighted by molar-refractivity contribution is 7.10. The van der Waals surface area contributed by atoms with Crippen LogP contribution in [0, 0.1) is 0 Å². The number of benzene rings is 1. The Morgan fingerprint density at radius 2 is 2.24 bits per heavy atom. The Morgan fingerprint density at radius 1 is 1.38 bits per heavy atom. The van der Waals surface area contributed by atoms with Gasteiger partial charge >= 0.3 is 0 Å². The van der Waals surface area contributed by atoms with E-state index in [1.807, 2.05) is 29.2 Å². The van der Waals surface area contributed by atoms with E-state index in [1.54, 1.807) is 0 Å². The van der Waals surface area contributed by atoms with Gasteiger partial charge in [-0.3, -0.25) is 4.79 Å². The van der Waals surface area contributed by atoms with E-state index in [9.17, 15) is 4.79 Å². The lowest BCUT2D eigenvalue weighted by Gasteiger charge is -2.28. The molecule has 0 aliphatic carbocycles. The van der Waals surface area contributed by atoms with Gasteiger partial charge in [-0.05, 0) is 24.5 Å². The van der Waals surface area contributed by atoms with Crippen LogP contribution >= 0.6 is 11.5 Å². The van der Waals surface area contributed by atoms with Gasteiger partial charge in [-0.15, -0.1) is 5.10 Å². The molecule has 0 spiro atoms. The normalized spacial score (nSPS) is 14.1. The van der Waals surface area contributed by atoms with E-state index in [-0.39, 0.29) is 5.91 Å². The fourth-order valence-corrected chi connectivity index (χ4v) is 3.09. The fraction of sp³-hybridized carbons (Fsp3) is 0.400. The van der Waals surface area contributed by atoms with Crippen LogP contribution in [0.15, 0.2) is 24.3 Å². The third-order valence-corrected chi connectivity index (χ3v) is 4.34. The number of carbonyl (C=O) groups excluding carboxylic acids is 1. The standard InChI is InChI=1S/C15H18N4OS/c1-2-8-16-14-13(17-18-21-14)10-19-9-7-11-5-3-4-6-12(11)15(19)20/h3-6,16H,2,7-10H2,1H3. The first-order chi connectivity index (χ1) is 10.3. The van der Waals surface area contributed by atoms with Crippen LogP contribution in [0.4, 0.5) is 5.00 Å². The predicted molar refractivity (Wildman–Crippen MR) is 83.6 cm³/mol. The van der Waals surface area contributed by atoms with Gasteiger partial charge in [0.1, 0.15) is 10.7 Å². The van der Waals surface area contributed by atoms with E-state index in [1.165, 1.54) is 11.5 Å². The van der Waals surface area contributed by atoms with Crippen LogP contribution in [0.25, 0.3) is 0 Å². The fourth-order valence-electron chi connectivity index (χ4n) is 2.49. The maximum absolute atomic E-state index is 12.5. The van der Waals surface area contributed by atoms with Crippen molar-refractivity contribution in [2.24, 2.45) is 0 Å². The number of hydrogen-bond acceptors (Lipinski definition) is 5. The highest BCUT2D eigenvalue weighted by Crippen LogP contribution is 2.24. The van der Waals surface area contributed by atoms with Gasteiger partial charge in [0.25, 0.3) is 5.91 Å². The molecule has 0 fully saturated rings. The van der Waals surface area contributed by atoms with Crippen LogP contribution in [-0.4, -0.2) is 33.5 Å². The molecule has 0 radical (unpaired) electrons. The molecule has 110 valence electrons. The third-order valence-electron chi connectivity index (χ3n) is 3.62. The Balaban J connectivity index is 1.75. The molecule has 21 heavy (non-hydrogen) atoms. The molecule has 0 unspecified atom stereocenters. The predicted octanol–water partition coefficient (Wildman–Crippen LogP) is 2.56. The van der Waals surface area contributed by atoms with Crippen molar-refractivity contribution in [3.8, 4) is 0 Å². The van der Waals surface area contributed by atoms with E-state index in [4.69, 9.17) is 0 Å². The second-order valence-electron chi connectivity index (χ2n) is 5.11. The van der Waals surface area contributed by atoms with Gasteiger partial charge in [-0.2, -0.15) is 0 Å². The third kappa shape index (κ3) is 2.90. The van der Waals surface area contributed by atoms with Gasteiger partial charge in [0.2, 0.25) is 0 Å². The zero-order valence-corrected chi connectivity index (χ0v) is 12.8. The molecule has 1 N–H and O–H groups in total. The van der Waals surface area contributed by atoms with Crippen molar-refractivity contribution in [1.29, 1.82) is 0 Å². The van der Waals surface area contributed by atoms with Crippen molar-refractivity contribution in [3.05, 3.63) is 41.1 Å². The van der Waals surface area contributed by atoms with Gasteiger partial charge < -0.3 is 10.2 Å². The number of nitrogens with zero attached hydrogens (tertiary/aromatic N) is 3. The number of hydrogen-bond donors (Lipinski definition) is 1. The first kappa shape index (κ1) is 14.0. The molecular formula is C15H18N4OS. The van der Waals surface area contributed by atoms with Crippen LogP contribution in [-0.2, 0) is 13.0 Å². The second-order valence-corrected chi connectivity index (χ2v) is 5.86. The minimum atomic E-state index is 0.0892. The van der Waals surface area contributed by atoms with Crippen molar-refractivity contribution in [2.45, 2.75) is 26.3 Å². The Bertz CT molecular complexity index is 640. The van der Waals surface area contributed by atoms with E-state index in [2.05, 4.69) is 21.8 Å². The van der Waals surface area contributed by atoms with Gasteiger partial charge in [-0.25, -0.2) is 0 Å². The van der Waals surface area contributed by atoms with Gasteiger partial charge in [-0.1, -0.05) is 29.6 Å². The smallest absolute Gasteiger partial charge is 0.254 e. The highest BCUT2D eigenvalue weighted by Gasteiger charge is 2.25. The zero-order chi connectivity index (χ0) is 14.7. The van der Waals surface area contributed by atoms with Crippen LogP contribution < -0.4 is 5.32 Å². The van der Waals surface area contributed by atoms with Crippen molar-refractivity contribution >= 4 is 22.4 Å². The number of fused-ring (bicyclic) bond motifs is 1. The summed E-state index contributed by atoms with van der Waals surface area (Å²) in [5.41, 5.74) is 2.82. The average molecular weight is 302 g/mol. The zero-order valence-electron chi connectivity index (χ0n) is 12.0. The molecule has 1 aromatic heterocycles. The number of amides is 1. The average Bonchev–Trinajstić information content (AvgIpc) is 2.95. The minimum Gasteiger partial charge on any atom is -0.374 e. The van der Waals surface area contributed by atoms with E-state index < -0.39 is 0 Å². The van der Waals surface area contributed by atoms with E-state index >= 15 is 0 Å². The van der Waals surface area contributed by atoms with Gasteiger partial charge in [0.05, 0.1) is 6.54 Å². The van der Waals surface area contributed by atoms with Crippen LogP contribution in [0.3, 0.4) is 0 Å². The van der Waals surface area contributed by atoms with Gasteiger partial charge in [0.15, 0.2) is 0 Å². The summed E-state index contributed by atoms with van der Waals surface area (Å²) >= 11 is 1.35. The molecule has 1 aliphatic heterocycles. The summed E-state index contributed by atoms with van der Waals surface area (Å²) in [4.78, 5) is 14.4. The molecule has 2 heterocycles. The van der Waals surface area contributed by atoms with E-state index in [0.29, 0.717) is 6.54 Å². The summed E-state index contributed by atoms with van der Waals surface area (Å²) in [6, 6.07) is 7.83. The number of rotatable bonds is 5. The lowest BCUT2D eigenvalue weighted by molar-refractivity contribution is 0.0725. The Hall–Kier alpha value is -1.95. The monoisotopic (exact) mass is 302 g/mol. The van der Waals surface area contributed by atoms with Crippen molar-refractivity contribution in [2.75, 3.05) is 18.4 Å². The Kier molecular flexibility index (Phi) is 4.15. The molecule has 1 aliphatic rings. The minimum absolute atomic E-state index is 0.0892. The molecule has 0 saturated carbocycles. The maximum Gasteiger partial charge on any atom is 0.254 e. The summed E-state index contributed by atoms with van der Waals surface area (Å²) < 4.78 is 4.00. The molecular weight excluding hydrogens is 284 g/mol. The largest absolute Gasteiger partial charge is 0.374 e.